The number of furan rings is 1. The molecule has 5 nitrogen and oxygen atoms in total. The summed E-state index contributed by atoms with van der Waals surface area (Å²) >= 11 is 0. The molecule has 104 valence electrons. The fourth-order valence-corrected chi connectivity index (χ4v) is 2.00. The molecule has 0 aliphatic carbocycles. The van der Waals surface area contributed by atoms with Crippen LogP contribution in [0.3, 0.4) is 0 Å². The van der Waals surface area contributed by atoms with Crippen LogP contribution in [-0.4, -0.2) is 29.7 Å². The van der Waals surface area contributed by atoms with E-state index in [0.717, 1.165) is 17.2 Å². The van der Waals surface area contributed by atoms with Crippen LogP contribution in [0.1, 0.15) is 31.8 Å². The molecule has 0 saturated carbocycles. The lowest BCUT2D eigenvalue weighted by molar-refractivity contribution is -0.141. The molecule has 1 aromatic rings. The SMILES string of the molecule is Cc1ccc(CN(C)C(=O)C2CC(C(C)C)=NO2)o1. The molecule has 2 heterocycles. The monoisotopic (exact) mass is 264 g/mol. The quantitative estimate of drug-likeness (QED) is 0.838. The Labute approximate surface area is 113 Å². The molecule has 0 radical (unpaired) electrons. The Kier molecular flexibility index (Phi) is 3.93. The average molecular weight is 264 g/mol. The van der Waals surface area contributed by atoms with Crippen LogP contribution in [0, 0.1) is 12.8 Å². The maximum Gasteiger partial charge on any atom is 0.267 e. The van der Waals surface area contributed by atoms with Gasteiger partial charge in [-0.05, 0) is 25.0 Å². The summed E-state index contributed by atoms with van der Waals surface area (Å²) in [5.41, 5.74) is 0.945. The van der Waals surface area contributed by atoms with E-state index in [4.69, 9.17) is 9.25 Å². The van der Waals surface area contributed by atoms with Gasteiger partial charge in [-0.2, -0.15) is 0 Å². The molecule has 1 aliphatic rings. The van der Waals surface area contributed by atoms with Gasteiger partial charge < -0.3 is 14.2 Å². The summed E-state index contributed by atoms with van der Waals surface area (Å²) in [6, 6.07) is 3.77. The minimum Gasteiger partial charge on any atom is -0.464 e. The molecule has 1 aromatic heterocycles. The van der Waals surface area contributed by atoms with Gasteiger partial charge in [-0.25, -0.2) is 0 Å². The number of carbonyl (C=O) groups is 1. The van der Waals surface area contributed by atoms with Gasteiger partial charge in [0.2, 0.25) is 6.10 Å². The predicted molar refractivity (Wildman–Crippen MR) is 71.7 cm³/mol. The van der Waals surface area contributed by atoms with Gasteiger partial charge >= 0.3 is 0 Å². The average Bonchev–Trinajstić information content (AvgIpc) is 2.97. The second-order valence-electron chi connectivity index (χ2n) is 5.24. The second-order valence-corrected chi connectivity index (χ2v) is 5.24. The molecule has 1 aliphatic heterocycles. The highest BCUT2D eigenvalue weighted by Gasteiger charge is 2.31. The molecule has 2 rings (SSSR count). The molecule has 0 fully saturated rings. The molecular formula is C14H20N2O3. The first-order valence-electron chi connectivity index (χ1n) is 6.50. The predicted octanol–water partition coefficient (Wildman–Crippen LogP) is 2.35. The van der Waals surface area contributed by atoms with Crippen molar-refractivity contribution in [2.45, 2.75) is 39.8 Å². The molecule has 0 saturated heterocycles. The van der Waals surface area contributed by atoms with Crippen LogP contribution in [0.15, 0.2) is 21.7 Å². The summed E-state index contributed by atoms with van der Waals surface area (Å²) in [6.45, 7) is 6.42. The zero-order valence-corrected chi connectivity index (χ0v) is 11.8. The van der Waals surface area contributed by atoms with E-state index in [-0.39, 0.29) is 5.91 Å². The van der Waals surface area contributed by atoms with Crippen molar-refractivity contribution in [1.82, 2.24) is 4.90 Å². The van der Waals surface area contributed by atoms with Crippen molar-refractivity contribution < 1.29 is 14.0 Å². The molecule has 1 unspecified atom stereocenters. The zero-order valence-electron chi connectivity index (χ0n) is 11.8. The summed E-state index contributed by atoms with van der Waals surface area (Å²) in [6.07, 6.45) is 0.0938. The third kappa shape index (κ3) is 3.16. The van der Waals surface area contributed by atoms with E-state index in [1.54, 1.807) is 11.9 Å². The largest absolute Gasteiger partial charge is 0.464 e. The van der Waals surface area contributed by atoms with Crippen molar-refractivity contribution in [2.24, 2.45) is 11.1 Å². The van der Waals surface area contributed by atoms with E-state index in [9.17, 15) is 4.79 Å². The van der Waals surface area contributed by atoms with E-state index in [2.05, 4.69) is 5.16 Å². The topological polar surface area (TPSA) is 55.0 Å². The van der Waals surface area contributed by atoms with Gasteiger partial charge in [0, 0.05) is 13.5 Å². The Bertz CT molecular complexity index is 491. The van der Waals surface area contributed by atoms with E-state index in [0.29, 0.717) is 18.9 Å². The first-order chi connectivity index (χ1) is 8.97. The van der Waals surface area contributed by atoms with Crippen LogP contribution in [0.4, 0.5) is 0 Å². The number of hydrogen-bond donors (Lipinski definition) is 0. The van der Waals surface area contributed by atoms with Crippen molar-refractivity contribution >= 4 is 11.6 Å². The minimum absolute atomic E-state index is 0.0616. The maximum absolute atomic E-state index is 12.2. The number of aryl methyl sites for hydroxylation is 1. The van der Waals surface area contributed by atoms with Crippen LogP contribution in [0.5, 0.6) is 0 Å². The summed E-state index contributed by atoms with van der Waals surface area (Å²) in [5.74, 6) is 1.87. The third-order valence-corrected chi connectivity index (χ3v) is 3.20. The standard InChI is InChI=1S/C14H20N2O3/c1-9(2)12-7-13(19-15-12)14(17)16(4)8-11-6-5-10(3)18-11/h5-6,9,13H,7-8H2,1-4H3. The third-order valence-electron chi connectivity index (χ3n) is 3.20. The Morgan fingerprint density at radius 1 is 1.53 bits per heavy atom. The zero-order chi connectivity index (χ0) is 14.0. The van der Waals surface area contributed by atoms with Gasteiger partial charge in [0.25, 0.3) is 5.91 Å². The Balaban J connectivity index is 1.90. The van der Waals surface area contributed by atoms with Gasteiger partial charge in [0.15, 0.2) is 0 Å². The molecule has 1 amide bonds. The highest BCUT2D eigenvalue weighted by Crippen LogP contribution is 2.18. The number of carbonyl (C=O) groups excluding carboxylic acids is 1. The Morgan fingerprint density at radius 3 is 2.79 bits per heavy atom. The highest BCUT2D eigenvalue weighted by atomic mass is 16.6. The molecule has 0 aromatic carbocycles. The fraction of sp³-hybridized carbons (Fsp3) is 0.571. The minimum atomic E-state index is -0.488. The first kappa shape index (κ1) is 13.6. The van der Waals surface area contributed by atoms with Crippen molar-refractivity contribution in [3.63, 3.8) is 0 Å². The first-order valence-corrected chi connectivity index (χ1v) is 6.50. The summed E-state index contributed by atoms with van der Waals surface area (Å²) in [4.78, 5) is 19.0. The number of hydrogen-bond acceptors (Lipinski definition) is 4. The number of amides is 1. The molecule has 0 bridgehead atoms. The summed E-state index contributed by atoms with van der Waals surface area (Å²) in [5, 5.41) is 3.98. The Morgan fingerprint density at radius 2 is 2.26 bits per heavy atom. The summed E-state index contributed by atoms with van der Waals surface area (Å²) < 4.78 is 5.46. The number of oxime groups is 1. The van der Waals surface area contributed by atoms with Crippen molar-refractivity contribution in [2.75, 3.05) is 7.05 Å². The number of likely N-dealkylation sites (N-methyl/N-ethyl adjacent to an activating group) is 1. The lowest BCUT2D eigenvalue weighted by Gasteiger charge is -2.18. The molecular weight excluding hydrogens is 244 g/mol. The highest BCUT2D eigenvalue weighted by molar-refractivity contribution is 5.93. The van der Waals surface area contributed by atoms with Crippen LogP contribution in [0.2, 0.25) is 0 Å². The van der Waals surface area contributed by atoms with Crippen molar-refractivity contribution in [3.05, 3.63) is 23.7 Å². The lowest BCUT2D eigenvalue weighted by Crippen LogP contribution is -2.36. The Hall–Kier alpha value is -1.78. The van der Waals surface area contributed by atoms with Crippen LogP contribution < -0.4 is 0 Å². The van der Waals surface area contributed by atoms with Crippen LogP contribution in [-0.2, 0) is 16.2 Å². The van der Waals surface area contributed by atoms with Crippen LogP contribution in [0.25, 0.3) is 0 Å². The van der Waals surface area contributed by atoms with Gasteiger partial charge in [0.1, 0.15) is 11.5 Å². The van der Waals surface area contributed by atoms with Crippen molar-refractivity contribution in [1.29, 1.82) is 0 Å². The summed E-state index contributed by atoms with van der Waals surface area (Å²) in [7, 11) is 1.75. The van der Waals surface area contributed by atoms with E-state index < -0.39 is 6.10 Å². The van der Waals surface area contributed by atoms with E-state index in [1.165, 1.54) is 0 Å². The smallest absolute Gasteiger partial charge is 0.267 e. The molecule has 19 heavy (non-hydrogen) atoms. The number of nitrogens with zero attached hydrogens (tertiary/aromatic N) is 2. The van der Waals surface area contributed by atoms with Gasteiger partial charge in [-0.1, -0.05) is 19.0 Å². The molecule has 5 heteroatoms. The number of rotatable bonds is 4. The second kappa shape index (κ2) is 5.47. The van der Waals surface area contributed by atoms with Gasteiger partial charge in [-0.15, -0.1) is 0 Å². The molecule has 1 atom stereocenters. The molecule has 0 spiro atoms. The lowest BCUT2D eigenvalue weighted by atomic mass is 10.0. The van der Waals surface area contributed by atoms with Crippen LogP contribution >= 0.6 is 0 Å². The van der Waals surface area contributed by atoms with Gasteiger partial charge in [-0.3, -0.25) is 4.79 Å². The van der Waals surface area contributed by atoms with Crippen molar-refractivity contribution in [3.8, 4) is 0 Å². The maximum atomic E-state index is 12.2. The normalized spacial score (nSPS) is 18.4. The van der Waals surface area contributed by atoms with E-state index >= 15 is 0 Å². The van der Waals surface area contributed by atoms with Gasteiger partial charge in [0.05, 0.1) is 12.3 Å². The fourth-order valence-electron chi connectivity index (χ4n) is 2.00. The van der Waals surface area contributed by atoms with E-state index in [1.807, 2.05) is 32.9 Å². The molecule has 0 N–H and O–H groups in total.